The van der Waals surface area contributed by atoms with Crippen molar-refractivity contribution in [3.05, 3.63) is 49.9 Å². The molecule has 0 aliphatic heterocycles. The molecule has 0 atom stereocenters. The quantitative estimate of drug-likeness (QED) is 0.750. The molecule has 4 heteroatoms. The summed E-state index contributed by atoms with van der Waals surface area (Å²) in [4.78, 5) is 0. The minimum atomic E-state index is 0.158. The van der Waals surface area contributed by atoms with Gasteiger partial charge in [-0.3, -0.25) is 0 Å². The Bertz CT molecular complexity index is 679. The van der Waals surface area contributed by atoms with E-state index < -0.39 is 0 Å². The maximum Gasteiger partial charge on any atom is 0.143 e. The third-order valence-corrected chi connectivity index (χ3v) is 4.29. The molecular weight excluding hydrogens is 370 g/mol. The number of phenols is 1. The molecule has 0 aliphatic carbocycles. The predicted octanol–water partition coefficient (Wildman–Crippen LogP) is 5.07. The zero-order valence-corrected chi connectivity index (χ0v) is 13.6. The summed E-state index contributed by atoms with van der Waals surface area (Å²) in [6, 6.07) is 9.73. The summed E-state index contributed by atoms with van der Waals surface area (Å²) >= 11 is 6.62. The van der Waals surface area contributed by atoms with E-state index in [0.29, 0.717) is 14.5 Å². The molecule has 96 valence electrons. The molecule has 2 aromatic rings. The maximum absolute atomic E-state index is 9.74. The molecule has 0 saturated heterocycles. The number of nitriles is 1. The van der Waals surface area contributed by atoms with Crippen molar-refractivity contribution in [3.8, 4) is 22.9 Å². The third kappa shape index (κ3) is 2.68. The number of hydrogen-bond acceptors (Lipinski definition) is 2. The normalized spacial score (nSPS) is 10.3. The van der Waals surface area contributed by atoms with Gasteiger partial charge in [0.25, 0.3) is 0 Å². The summed E-state index contributed by atoms with van der Waals surface area (Å²) in [6.07, 6.45) is 0. The SMILES string of the molecule is Cc1cc(C#N)c(-c2cc(Br)c(O)c(Br)c2)cc1C. The number of nitrogens with zero attached hydrogens (tertiary/aromatic N) is 1. The minimum Gasteiger partial charge on any atom is -0.506 e. The number of aromatic hydroxyl groups is 1. The first-order valence-corrected chi connectivity index (χ1v) is 7.22. The number of benzene rings is 2. The Balaban J connectivity index is 2.72. The van der Waals surface area contributed by atoms with Gasteiger partial charge in [-0.15, -0.1) is 0 Å². The van der Waals surface area contributed by atoms with E-state index in [1.54, 1.807) is 0 Å². The number of aryl methyl sites for hydroxylation is 2. The highest BCUT2D eigenvalue weighted by Gasteiger charge is 2.12. The van der Waals surface area contributed by atoms with Crippen LogP contribution < -0.4 is 0 Å². The second kappa shape index (κ2) is 5.36. The van der Waals surface area contributed by atoms with E-state index in [4.69, 9.17) is 0 Å². The van der Waals surface area contributed by atoms with Gasteiger partial charge in [-0.1, -0.05) is 0 Å². The molecule has 0 aromatic heterocycles. The number of halogens is 2. The first kappa shape index (κ1) is 14.1. The Morgan fingerprint density at radius 2 is 1.53 bits per heavy atom. The highest BCUT2D eigenvalue weighted by atomic mass is 79.9. The molecule has 0 amide bonds. The summed E-state index contributed by atoms with van der Waals surface area (Å²) in [6.45, 7) is 4.01. The van der Waals surface area contributed by atoms with Crippen molar-refractivity contribution >= 4 is 31.9 Å². The minimum absolute atomic E-state index is 0.158. The van der Waals surface area contributed by atoms with Crippen molar-refractivity contribution < 1.29 is 5.11 Å². The Hall–Kier alpha value is -1.31. The summed E-state index contributed by atoms with van der Waals surface area (Å²) in [5.74, 6) is 0.158. The molecule has 0 aliphatic rings. The monoisotopic (exact) mass is 379 g/mol. The zero-order valence-electron chi connectivity index (χ0n) is 10.5. The summed E-state index contributed by atoms with van der Waals surface area (Å²) in [5, 5.41) is 19.0. The lowest BCUT2D eigenvalue weighted by Crippen LogP contribution is -1.90. The lowest BCUT2D eigenvalue weighted by molar-refractivity contribution is 0.468. The summed E-state index contributed by atoms with van der Waals surface area (Å²) < 4.78 is 1.19. The highest BCUT2D eigenvalue weighted by Crippen LogP contribution is 2.38. The van der Waals surface area contributed by atoms with Crippen LogP contribution in [0.5, 0.6) is 5.75 Å². The van der Waals surface area contributed by atoms with Gasteiger partial charge in [0.1, 0.15) is 5.75 Å². The molecule has 2 nitrogen and oxygen atoms in total. The van der Waals surface area contributed by atoms with Gasteiger partial charge in [-0.25, -0.2) is 0 Å². The third-order valence-electron chi connectivity index (χ3n) is 3.08. The van der Waals surface area contributed by atoms with Crippen LogP contribution in [0.3, 0.4) is 0 Å². The van der Waals surface area contributed by atoms with Gasteiger partial charge in [-0.05, 0) is 92.2 Å². The van der Waals surface area contributed by atoms with Crippen molar-refractivity contribution in [2.45, 2.75) is 13.8 Å². The topological polar surface area (TPSA) is 44.0 Å². The maximum atomic E-state index is 9.74. The molecule has 0 saturated carbocycles. The Morgan fingerprint density at radius 3 is 2.05 bits per heavy atom. The first-order chi connectivity index (χ1) is 8.93. The van der Waals surface area contributed by atoms with Crippen LogP contribution in [-0.2, 0) is 0 Å². The van der Waals surface area contributed by atoms with Gasteiger partial charge in [0, 0.05) is 0 Å². The lowest BCUT2D eigenvalue weighted by atomic mass is 9.95. The second-order valence-corrected chi connectivity index (χ2v) is 6.09. The average molecular weight is 381 g/mol. The van der Waals surface area contributed by atoms with Gasteiger partial charge in [0.15, 0.2) is 0 Å². The van der Waals surface area contributed by atoms with Gasteiger partial charge < -0.3 is 5.11 Å². The Labute approximate surface area is 129 Å². The van der Waals surface area contributed by atoms with Crippen LogP contribution >= 0.6 is 31.9 Å². The fourth-order valence-corrected chi connectivity index (χ4v) is 3.05. The predicted molar refractivity (Wildman–Crippen MR) is 83.1 cm³/mol. The average Bonchev–Trinajstić information content (AvgIpc) is 2.38. The van der Waals surface area contributed by atoms with E-state index in [1.807, 2.05) is 38.1 Å². The second-order valence-electron chi connectivity index (χ2n) is 4.38. The van der Waals surface area contributed by atoms with E-state index in [9.17, 15) is 10.4 Å². The van der Waals surface area contributed by atoms with Crippen molar-refractivity contribution in [3.63, 3.8) is 0 Å². The van der Waals surface area contributed by atoms with E-state index in [2.05, 4.69) is 37.9 Å². The van der Waals surface area contributed by atoms with Gasteiger partial charge >= 0.3 is 0 Å². The van der Waals surface area contributed by atoms with Crippen LogP contribution in [0.4, 0.5) is 0 Å². The highest BCUT2D eigenvalue weighted by molar-refractivity contribution is 9.11. The lowest BCUT2D eigenvalue weighted by Gasteiger charge is -2.10. The van der Waals surface area contributed by atoms with Crippen LogP contribution in [0.25, 0.3) is 11.1 Å². The fourth-order valence-electron chi connectivity index (χ4n) is 1.87. The van der Waals surface area contributed by atoms with Crippen LogP contribution in [0.1, 0.15) is 16.7 Å². The van der Waals surface area contributed by atoms with Crippen molar-refractivity contribution in [2.75, 3.05) is 0 Å². The van der Waals surface area contributed by atoms with Gasteiger partial charge in [-0.2, -0.15) is 5.26 Å². The Morgan fingerprint density at radius 1 is 1.00 bits per heavy atom. The van der Waals surface area contributed by atoms with Crippen LogP contribution in [-0.4, -0.2) is 5.11 Å². The van der Waals surface area contributed by atoms with Gasteiger partial charge in [0.05, 0.1) is 20.6 Å². The van der Waals surface area contributed by atoms with Crippen molar-refractivity contribution in [1.29, 1.82) is 5.26 Å². The standard InChI is InChI=1S/C15H11Br2NO/c1-8-3-11(7-18)12(4-9(8)2)10-5-13(16)15(19)14(17)6-10/h3-6,19H,1-2H3. The largest absolute Gasteiger partial charge is 0.506 e. The molecule has 1 N–H and O–H groups in total. The smallest absolute Gasteiger partial charge is 0.143 e. The van der Waals surface area contributed by atoms with Crippen LogP contribution in [0.2, 0.25) is 0 Å². The molecule has 0 bridgehead atoms. The molecule has 0 radical (unpaired) electrons. The number of rotatable bonds is 1. The molecule has 2 aromatic carbocycles. The number of hydrogen-bond donors (Lipinski definition) is 1. The first-order valence-electron chi connectivity index (χ1n) is 5.63. The number of phenolic OH excluding ortho intramolecular Hbond substituents is 1. The van der Waals surface area contributed by atoms with E-state index in [1.165, 1.54) is 0 Å². The van der Waals surface area contributed by atoms with Crippen molar-refractivity contribution in [1.82, 2.24) is 0 Å². The molecular formula is C15H11Br2NO. The molecule has 19 heavy (non-hydrogen) atoms. The van der Waals surface area contributed by atoms with Crippen LogP contribution in [0, 0.1) is 25.2 Å². The molecule has 0 spiro atoms. The molecule has 0 unspecified atom stereocenters. The molecule has 0 fully saturated rings. The molecule has 0 heterocycles. The summed E-state index contributed by atoms with van der Waals surface area (Å²) in [7, 11) is 0. The van der Waals surface area contributed by atoms with Crippen molar-refractivity contribution in [2.24, 2.45) is 0 Å². The summed E-state index contributed by atoms with van der Waals surface area (Å²) in [5.41, 5.74) is 4.61. The zero-order chi connectivity index (χ0) is 14.2. The van der Waals surface area contributed by atoms with E-state index in [0.717, 1.165) is 22.3 Å². The molecule has 2 rings (SSSR count). The van der Waals surface area contributed by atoms with E-state index in [-0.39, 0.29) is 5.75 Å². The van der Waals surface area contributed by atoms with E-state index >= 15 is 0 Å². The van der Waals surface area contributed by atoms with Crippen LogP contribution in [0.15, 0.2) is 33.2 Å². The fraction of sp³-hybridized carbons (Fsp3) is 0.133. The van der Waals surface area contributed by atoms with Gasteiger partial charge in [0.2, 0.25) is 0 Å². The Kier molecular flexibility index (Phi) is 3.98.